The zero-order valence-electron chi connectivity index (χ0n) is 17.9. The summed E-state index contributed by atoms with van der Waals surface area (Å²) in [6.45, 7) is 7.23. The predicted octanol–water partition coefficient (Wildman–Crippen LogP) is 4.09. The maximum Gasteiger partial charge on any atom is 0.142 e. The summed E-state index contributed by atoms with van der Waals surface area (Å²) < 4.78 is 6.19. The number of hydrogen-bond donors (Lipinski definition) is 0. The molecular weight excluding hydrogens is 392 g/mol. The first kappa shape index (κ1) is 20.2. The van der Waals surface area contributed by atoms with Gasteiger partial charge in [-0.2, -0.15) is 0 Å². The van der Waals surface area contributed by atoms with E-state index in [1.807, 2.05) is 12.4 Å². The fourth-order valence-electron chi connectivity index (χ4n) is 4.83. The molecule has 3 aliphatic rings. The minimum atomic E-state index is 0.342. The van der Waals surface area contributed by atoms with Crippen LogP contribution in [0, 0.1) is 0 Å². The molecule has 0 radical (unpaired) electrons. The molecule has 1 saturated carbocycles. The molecule has 0 amide bonds. The molecule has 0 bridgehead atoms. The van der Waals surface area contributed by atoms with Crippen LogP contribution in [0.2, 0.25) is 0 Å². The summed E-state index contributed by atoms with van der Waals surface area (Å²) in [5.41, 5.74) is 2.93. The molecule has 6 heteroatoms. The Morgan fingerprint density at radius 3 is 2.63 bits per heavy atom. The smallest absolute Gasteiger partial charge is 0.142 e. The predicted molar refractivity (Wildman–Crippen MR) is 123 cm³/mol. The van der Waals surface area contributed by atoms with Crippen LogP contribution in [0.25, 0.3) is 0 Å². The molecule has 1 aromatic heterocycles. The van der Waals surface area contributed by atoms with Crippen molar-refractivity contribution in [3.05, 3.63) is 48.3 Å². The topological polar surface area (TPSA) is 31.8 Å². The number of nitrogens with zero attached hydrogens (tertiary/aromatic N) is 4. The Morgan fingerprint density at radius 1 is 1.10 bits per heavy atom. The van der Waals surface area contributed by atoms with Crippen LogP contribution < -0.4 is 9.64 Å². The quantitative estimate of drug-likeness (QED) is 0.594. The highest BCUT2D eigenvalue weighted by Gasteiger charge is 2.53. The number of likely N-dealkylation sites (tertiary alicyclic amines) is 1. The summed E-state index contributed by atoms with van der Waals surface area (Å²) in [4.78, 5) is 13.3. The second kappa shape index (κ2) is 8.77. The molecule has 1 aromatic carbocycles. The lowest BCUT2D eigenvalue weighted by Gasteiger charge is -2.24. The SMILES string of the molecule is CSc1ccc(N2CN(Cc3ccncc3OCCN3CCCC3)C3(CC3)C2)cc1. The first-order valence-electron chi connectivity index (χ1n) is 11.2. The molecule has 1 aliphatic carbocycles. The van der Waals surface area contributed by atoms with Crippen LogP contribution in [0.4, 0.5) is 5.69 Å². The van der Waals surface area contributed by atoms with E-state index < -0.39 is 0 Å². The average Bonchev–Trinajstić information content (AvgIpc) is 3.20. The normalized spacial score (nSPS) is 20.9. The van der Waals surface area contributed by atoms with Crippen LogP contribution >= 0.6 is 11.8 Å². The van der Waals surface area contributed by atoms with Crippen molar-refractivity contribution in [2.75, 3.05) is 50.6 Å². The first-order valence-corrected chi connectivity index (χ1v) is 12.4. The van der Waals surface area contributed by atoms with Gasteiger partial charge in [0.15, 0.2) is 0 Å². The van der Waals surface area contributed by atoms with Crippen molar-refractivity contribution in [2.45, 2.75) is 42.7 Å². The van der Waals surface area contributed by atoms with Gasteiger partial charge < -0.3 is 9.64 Å². The van der Waals surface area contributed by atoms with Gasteiger partial charge in [-0.05, 0) is 75.4 Å². The standard InChI is InChI=1S/C24H32N4OS/c1-30-22-6-4-21(5-7-22)27-18-24(9-10-24)28(19-27)17-20-8-11-25-16-23(20)29-15-14-26-12-2-3-13-26/h4-8,11,16H,2-3,9-10,12-15,17-19H2,1H3. The Balaban J connectivity index is 1.24. The Labute approximate surface area is 184 Å². The lowest BCUT2D eigenvalue weighted by atomic mass is 10.2. The number of hydrogen-bond acceptors (Lipinski definition) is 6. The molecule has 0 atom stereocenters. The van der Waals surface area contributed by atoms with E-state index in [4.69, 9.17) is 4.74 Å². The van der Waals surface area contributed by atoms with Crippen LogP contribution in [-0.2, 0) is 6.54 Å². The van der Waals surface area contributed by atoms with E-state index >= 15 is 0 Å². The fraction of sp³-hybridized carbons (Fsp3) is 0.542. The number of benzene rings is 1. The van der Waals surface area contributed by atoms with Gasteiger partial charge in [-0.25, -0.2) is 0 Å². The monoisotopic (exact) mass is 424 g/mol. The Kier molecular flexibility index (Phi) is 5.89. The Morgan fingerprint density at radius 2 is 1.90 bits per heavy atom. The van der Waals surface area contributed by atoms with Crippen molar-refractivity contribution in [3.8, 4) is 5.75 Å². The van der Waals surface area contributed by atoms with Crippen LogP contribution in [-0.4, -0.2) is 66.0 Å². The molecule has 30 heavy (non-hydrogen) atoms. The Hall–Kier alpha value is -1.76. The molecule has 2 aliphatic heterocycles. The molecule has 5 rings (SSSR count). The highest BCUT2D eigenvalue weighted by Crippen LogP contribution is 2.48. The third-order valence-electron chi connectivity index (χ3n) is 6.86. The highest BCUT2D eigenvalue weighted by molar-refractivity contribution is 7.98. The third kappa shape index (κ3) is 4.32. The second-order valence-electron chi connectivity index (χ2n) is 8.84. The number of rotatable bonds is 8. The average molecular weight is 425 g/mol. The molecule has 0 unspecified atom stereocenters. The summed E-state index contributed by atoms with van der Waals surface area (Å²) in [7, 11) is 0. The molecule has 2 saturated heterocycles. The van der Waals surface area contributed by atoms with E-state index in [0.717, 1.165) is 38.7 Å². The molecule has 0 N–H and O–H groups in total. The van der Waals surface area contributed by atoms with Gasteiger partial charge in [-0.1, -0.05) is 0 Å². The van der Waals surface area contributed by atoms with Crippen LogP contribution in [0.15, 0.2) is 47.6 Å². The van der Waals surface area contributed by atoms with Crippen molar-refractivity contribution < 1.29 is 4.74 Å². The van der Waals surface area contributed by atoms with E-state index in [1.165, 1.54) is 54.9 Å². The lowest BCUT2D eigenvalue weighted by molar-refractivity contribution is 0.216. The summed E-state index contributed by atoms with van der Waals surface area (Å²) in [5, 5.41) is 0. The molecule has 5 nitrogen and oxygen atoms in total. The van der Waals surface area contributed by atoms with E-state index in [9.17, 15) is 0 Å². The van der Waals surface area contributed by atoms with Crippen LogP contribution in [0.5, 0.6) is 5.75 Å². The van der Waals surface area contributed by atoms with Crippen LogP contribution in [0.1, 0.15) is 31.2 Å². The van der Waals surface area contributed by atoms with Crippen molar-refractivity contribution in [3.63, 3.8) is 0 Å². The second-order valence-corrected chi connectivity index (χ2v) is 9.72. The summed E-state index contributed by atoms with van der Waals surface area (Å²) in [5.74, 6) is 0.954. The number of thioether (sulfide) groups is 1. The van der Waals surface area contributed by atoms with Gasteiger partial charge in [-0.3, -0.25) is 14.8 Å². The van der Waals surface area contributed by atoms with E-state index in [-0.39, 0.29) is 0 Å². The van der Waals surface area contributed by atoms with Gasteiger partial charge in [-0.15, -0.1) is 11.8 Å². The van der Waals surface area contributed by atoms with Crippen molar-refractivity contribution in [1.82, 2.24) is 14.8 Å². The number of pyridine rings is 1. The Bertz CT molecular complexity index is 849. The number of ether oxygens (including phenoxy) is 1. The molecule has 1 spiro atoms. The van der Waals surface area contributed by atoms with Crippen LogP contribution in [0.3, 0.4) is 0 Å². The number of anilines is 1. The van der Waals surface area contributed by atoms with Gasteiger partial charge in [0.05, 0.1) is 12.9 Å². The minimum Gasteiger partial charge on any atom is -0.490 e. The van der Waals surface area contributed by atoms with Gasteiger partial charge in [0.2, 0.25) is 0 Å². The van der Waals surface area contributed by atoms with Crippen molar-refractivity contribution in [2.24, 2.45) is 0 Å². The maximum atomic E-state index is 6.19. The summed E-state index contributed by atoms with van der Waals surface area (Å²) in [6.07, 6.45) is 11.2. The molecule has 160 valence electrons. The fourth-order valence-corrected chi connectivity index (χ4v) is 5.24. The maximum absolute atomic E-state index is 6.19. The zero-order chi connectivity index (χ0) is 20.4. The van der Waals surface area contributed by atoms with E-state index in [2.05, 4.69) is 56.3 Å². The summed E-state index contributed by atoms with van der Waals surface area (Å²) in [6, 6.07) is 11.1. The van der Waals surface area contributed by atoms with Gasteiger partial charge in [0.1, 0.15) is 12.4 Å². The highest BCUT2D eigenvalue weighted by atomic mass is 32.2. The van der Waals surface area contributed by atoms with Gasteiger partial charge in [0, 0.05) is 47.5 Å². The van der Waals surface area contributed by atoms with E-state index in [0.29, 0.717) is 5.54 Å². The third-order valence-corrected chi connectivity index (χ3v) is 7.60. The zero-order valence-corrected chi connectivity index (χ0v) is 18.7. The largest absolute Gasteiger partial charge is 0.490 e. The van der Waals surface area contributed by atoms with Crippen molar-refractivity contribution >= 4 is 17.4 Å². The molecule has 3 fully saturated rings. The molecular formula is C24H32N4OS. The van der Waals surface area contributed by atoms with Crippen molar-refractivity contribution in [1.29, 1.82) is 0 Å². The van der Waals surface area contributed by atoms with Gasteiger partial charge >= 0.3 is 0 Å². The summed E-state index contributed by atoms with van der Waals surface area (Å²) >= 11 is 1.80. The molecule has 2 aromatic rings. The molecule has 3 heterocycles. The lowest BCUT2D eigenvalue weighted by Crippen LogP contribution is -2.32. The first-order chi connectivity index (χ1) is 14.8. The minimum absolute atomic E-state index is 0.342. The van der Waals surface area contributed by atoms with Gasteiger partial charge in [0.25, 0.3) is 0 Å². The van der Waals surface area contributed by atoms with E-state index in [1.54, 1.807) is 11.8 Å². The number of aromatic nitrogens is 1.